The Hall–Kier alpha value is -5.28. The van der Waals surface area contributed by atoms with E-state index in [4.69, 9.17) is 16.4 Å². The number of carbonyl (C=O) groups is 3. The minimum Gasteiger partial charge on any atom is -0.378 e. The number of aromatic amines is 2. The Labute approximate surface area is 243 Å². The number of alkyl halides is 1. The van der Waals surface area contributed by atoms with Crippen molar-refractivity contribution in [2.45, 2.75) is 5.92 Å². The second-order valence-corrected chi connectivity index (χ2v) is 10.9. The fourth-order valence-corrected chi connectivity index (χ4v) is 6.38. The molecule has 0 aliphatic carbocycles. The first-order valence-electron chi connectivity index (χ1n) is 13.4. The molecule has 10 heteroatoms. The summed E-state index contributed by atoms with van der Waals surface area (Å²) in [6.07, 6.45) is 0. The number of fused-ring (bicyclic) bond motifs is 4. The number of nitrogens with zero attached hydrogens (tertiary/aromatic N) is 1. The van der Waals surface area contributed by atoms with Crippen molar-refractivity contribution in [2.75, 3.05) is 22.6 Å². The predicted octanol–water partition coefficient (Wildman–Crippen LogP) is 6.07. The second kappa shape index (κ2) is 9.12. The van der Waals surface area contributed by atoms with Gasteiger partial charge in [-0.25, -0.2) is 0 Å². The first kappa shape index (κ1) is 24.5. The number of anilines is 2. The van der Waals surface area contributed by atoms with E-state index in [0.717, 1.165) is 38.1 Å². The summed E-state index contributed by atoms with van der Waals surface area (Å²) >= 11 is 6.41. The second-order valence-electron chi connectivity index (χ2n) is 10.5. The molecule has 9 nitrogen and oxygen atoms in total. The number of hydrogen-bond acceptors (Lipinski definition) is 4. The first-order valence-corrected chi connectivity index (χ1v) is 14.0. The molecule has 0 fully saturated rings. The fourth-order valence-electron chi connectivity index (χ4n) is 6.13. The molecule has 0 unspecified atom stereocenters. The van der Waals surface area contributed by atoms with Crippen LogP contribution in [0.4, 0.5) is 11.4 Å². The number of hydroxylamine groups is 1. The first-order chi connectivity index (χ1) is 20.5. The molecule has 42 heavy (non-hydrogen) atoms. The molecule has 206 valence electrons. The Morgan fingerprint density at radius 3 is 2.60 bits per heavy atom. The Morgan fingerprint density at radius 1 is 0.929 bits per heavy atom. The molecule has 0 radical (unpaired) electrons. The van der Waals surface area contributed by atoms with Crippen molar-refractivity contribution in [3.8, 4) is 5.75 Å². The molecule has 4 aromatic carbocycles. The number of para-hydroxylation sites is 1. The summed E-state index contributed by atoms with van der Waals surface area (Å²) in [7, 11) is 0. The van der Waals surface area contributed by atoms with E-state index < -0.39 is 0 Å². The van der Waals surface area contributed by atoms with E-state index in [9.17, 15) is 14.4 Å². The number of nitrogens with one attached hydrogen (secondary N) is 4. The minimum atomic E-state index is -0.309. The van der Waals surface area contributed by atoms with E-state index in [0.29, 0.717) is 46.5 Å². The molecule has 2 aliphatic rings. The third kappa shape index (κ3) is 3.67. The van der Waals surface area contributed by atoms with Gasteiger partial charge in [0.2, 0.25) is 0 Å². The zero-order valence-electron chi connectivity index (χ0n) is 22.0. The predicted molar refractivity (Wildman–Crippen MR) is 162 cm³/mol. The average Bonchev–Trinajstić information content (AvgIpc) is 3.73. The summed E-state index contributed by atoms with van der Waals surface area (Å²) in [4.78, 5) is 52.9. The van der Waals surface area contributed by atoms with E-state index in [-0.39, 0.29) is 23.6 Å². The van der Waals surface area contributed by atoms with Crippen LogP contribution in [0.5, 0.6) is 5.75 Å². The molecular formula is C32H22ClN5O4. The molecule has 8 rings (SSSR count). The highest BCUT2D eigenvalue weighted by Crippen LogP contribution is 2.47. The largest absolute Gasteiger partial charge is 0.378 e. The maximum atomic E-state index is 13.9. The van der Waals surface area contributed by atoms with Crippen LogP contribution in [0.2, 0.25) is 0 Å². The molecule has 3 amide bonds. The molecule has 0 saturated heterocycles. The van der Waals surface area contributed by atoms with Gasteiger partial charge >= 0.3 is 0 Å². The molecule has 6 aromatic rings. The number of H-pyrrole nitrogens is 2. The zero-order chi connectivity index (χ0) is 28.5. The third-order valence-electron chi connectivity index (χ3n) is 8.06. The number of halogens is 1. The summed E-state index contributed by atoms with van der Waals surface area (Å²) in [6, 6.07) is 24.1. The molecular weight excluding hydrogens is 554 g/mol. The van der Waals surface area contributed by atoms with Crippen molar-refractivity contribution < 1.29 is 19.2 Å². The third-order valence-corrected chi connectivity index (χ3v) is 8.43. The summed E-state index contributed by atoms with van der Waals surface area (Å²) in [5.74, 6) is -0.0949. The van der Waals surface area contributed by atoms with E-state index in [2.05, 4.69) is 20.8 Å². The van der Waals surface area contributed by atoms with Crippen molar-refractivity contribution in [3.05, 3.63) is 101 Å². The van der Waals surface area contributed by atoms with Gasteiger partial charge in [0, 0.05) is 57.3 Å². The molecule has 1 atom stereocenters. The van der Waals surface area contributed by atoms with Gasteiger partial charge in [-0.15, -0.1) is 11.6 Å². The topological polar surface area (TPSA) is 119 Å². The van der Waals surface area contributed by atoms with E-state index >= 15 is 0 Å². The Kier molecular flexibility index (Phi) is 5.32. The van der Waals surface area contributed by atoms with Gasteiger partial charge in [-0.05, 0) is 53.4 Å². The number of amides is 3. The normalized spacial score (nSPS) is 15.6. The van der Waals surface area contributed by atoms with Gasteiger partial charge < -0.3 is 25.0 Å². The molecule has 4 heterocycles. The highest BCUT2D eigenvalue weighted by molar-refractivity contribution is 6.20. The molecule has 0 spiro atoms. The number of aromatic nitrogens is 2. The lowest BCUT2D eigenvalue weighted by Gasteiger charge is -2.22. The quantitative estimate of drug-likeness (QED) is 0.191. The van der Waals surface area contributed by atoms with Crippen molar-refractivity contribution in [1.29, 1.82) is 0 Å². The monoisotopic (exact) mass is 575 g/mol. The Morgan fingerprint density at radius 2 is 1.74 bits per heavy atom. The lowest BCUT2D eigenvalue weighted by molar-refractivity contribution is 0.0748. The molecule has 4 N–H and O–H groups in total. The van der Waals surface area contributed by atoms with Crippen LogP contribution in [0.15, 0.2) is 78.9 Å². The van der Waals surface area contributed by atoms with Crippen LogP contribution >= 0.6 is 11.6 Å². The maximum Gasteiger partial charge on any atom is 0.284 e. The molecule has 0 bridgehead atoms. The number of carbonyl (C=O) groups excluding carboxylic acids is 3. The van der Waals surface area contributed by atoms with Crippen LogP contribution in [-0.4, -0.2) is 40.1 Å². The smallest absolute Gasteiger partial charge is 0.284 e. The summed E-state index contributed by atoms with van der Waals surface area (Å²) < 4.78 is 0. The van der Waals surface area contributed by atoms with Crippen LogP contribution in [0.25, 0.3) is 32.6 Å². The van der Waals surface area contributed by atoms with Gasteiger partial charge in [-0.3, -0.25) is 14.4 Å². The number of benzene rings is 4. The maximum absolute atomic E-state index is 13.9. The van der Waals surface area contributed by atoms with E-state index in [1.807, 2.05) is 54.6 Å². The van der Waals surface area contributed by atoms with Gasteiger partial charge in [-0.2, -0.15) is 5.48 Å². The van der Waals surface area contributed by atoms with Gasteiger partial charge in [-0.1, -0.05) is 30.3 Å². The minimum absolute atomic E-state index is 0.115. The molecule has 2 aliphatic heterocycles. The average molecular weight is 576 g/mol. The standard InChI is InChI=1S/C32H22ClN5O4/c33-14-18-15-38(26-13-27-29-20(28(18)26)5-3-6-21(29)30(39)37-42-27)32(41)25-12-17-10-19(8-9-23(17)36-25)34-31(40)24-11-16-4-1-2-7-22(16)35-24/h1-13,18,35-36H,14-15H2,(H,34,40)(H,37,39)/t18-/m1/s1. The Balaban J connectivity index is 1.12. The molecule has 0 saturated carbocycles. The van der Waals surface area contributed by atoms with Crippen molar-refractivity contribution in [1.82, 2.24) is 15.4 Å². The SMILES string of the molecule is O=C(Nc1ccc2[nH]c(C(=O)N3C[C@@H](CCl)c4c3cc3c5c(cccc45)C(=O)NO3)cc2c1)c1cc2ccccc2[nH]1. The van der Waals surface area contributed by atoms with Crippen molar-refractivity contribution in [3.63, 3.8) is 0 Å². The summed E-state index contributed by atoms with van der Waals surface area (Å²) in [5.41, 5.74) is 7.72. The highest BCUT2D eigenvalue weighted by atomic mass is 35.5. The summed E-state index contributed by atoms with van der Waals surface area (Å²) in [5, 5.41) is 6.25. The van der Waals surface area contributed by atoms with Crippen LogP contribution in [-0.2, 0) is 0 Å². The van der Waals surface area contributed by atoms with Gasteiger partial charge in [0.25, 0.3) is 17.7 Å². The fraction of sp³-hybridized carbons (Fsp3) is 0.0938. The molecule has 2 aromatic heterocycles. The number of rotatable bonds is 4. The zero-order valence-corrected chi connectivity index (χ0v) is 22.7. The van der Waals surface area contributed by atoms with E-state index in [1.54, 1.807) is 29.2 Å². The van der Waals surface area contributed by atoms with Crippen LogP contribution in [0, 0.1) is 0 Å². The lowest BCUT2D eigenvalue weighted by Crippen LogP contribution is -2.32. The van der Waals surface area contributed by atoms with Crippen LogP contribution in [0.1, 0.15) is 42.8 Å². The highest BCUT2D eigenvalue weighted by Gasteiger charge is 2.37. The van der Waals surface area contributed by atoms with Crippen LogP contribution in [0.3, 0.4) is 0 Å². The van der Waals surface area contributed by atoms with Gasteiger partial charge in [0.1, 0.15) is 11.4 Å². The van der Waals surface area contributed by atoms with E-state index in [1.165, 1.54) is 0 Å². The van der Waals surface area contributed by atoms with Gasteiger partial charge in [0.05, 0.1) is 11.3 Å². The lowest BCUT2D eigenvalue weighted by atomic mass is 9.92. The van der Waals surface area contributed by atoms with Gasteiger partial charge in [0.15, 0.2) is 5.75 Å². The van der Waals surface area contributed by atoms with Crippen molar-refractivity contribution >= 4 is 73.3 Å². The number of hydrogen-bond donors (Lipinski definition) is 4. The van der Waals surface area contributed by atoms with Crippen LogP contribution < -0.4 is 20.5 Å². The summed E-state index contributed by atoms with van der Waals surface area (Å²) in [6.45, 7) is 0.392. The van der Waals surface area contributed by atoms with Crippen molar-refractivity contribution in [2.24, 2.45) is 0 Å². The Bertz CT molecular complexity index is 2100.